The minimum atomic E-state index is -4.94. The highest BCUT2D eigenvalue weighted by atomic mass is 31.2. The van der Waals surface area contributed by atoms with E-state index < -0.39 is 97.5 Å². The van der Waals surface area contributed by atoms with Gasteiger partial charge in [-0.1, -0.05) is 273 Å². The molecule has 0 amide bonds. The highest BCUT2D eigenvalue weighted by Crippen LogP contribution is 2.45. The fourth-order valence-corrected chi connectivity index (χ4v) is 11.3. The number of carbonyl (C=O) groups excluding carboxylic acids is 4. The summed E-state index contributed by atoms with van der Waals surface area (Å²) in [5.41, 5.74) is 0. The molecule has 0 bridgehead atoms. The molecule has 3 unspecified atom stereocenters. The Labute approximate surface area is 511 Å². The van der Waals surface area contributed by atoms with Crippen molar-refractivity contribution in [3.05, 3.63) is 0 Å². The summed E-state index contributed by atoms with van der Waals surface area (Å²) < 4.78 is 67.9. The molecule has 0 fully saturated rings. The van der Waals surface area contributed by atoms with Gasteiger partial charge in [0.25, 0.3) is 0 Å². The smallest absolute Gasteiger partial charge is 0.462 e. The number of unbranched alkanes of at least 4 members (excludes halogenated alkanes) is 33. The molecule has 0 radical (unpaired) electrons. The maximum atomic E-state index is 13.0. The lowest BCUT2D eigenvalue weighted by Gasteiger charge is -2.21. The van der Waals surface area contributed by atoms with Crippen molar-refractivity contribution >= 4 is 39.5 Å². The molecule has 17 nitrogen and oxygen atoms in total. The minimum absolute atomic E-state index is 0.104. The summed E-state index contributed by atoms with van der Waals surface area (Å²) >= 11 is 0. The van der Waals surface area contributed by atoms with Crippen molar-refractivity contribution in [2.75, 3.05) is 39.6 Å². The highest BCUT2D eigenvalue weighted by Gasteiger charge is 2.30. The van der Waals surface area contributed by atoms with Crippen LogP contribution in [0.1, 0.15) is 324 Å². The zero-order valence-corrected chi connectivity index (χ0v) is 56.0. The molecule has 84 heavy (non-hydrogen) atoms. The molecular formula is C65H126O17P2. The molecule has 0 aromatic heterocycles. The summed E-state index contributed by atoms with van der Waals surface area (Å²) in [6, 6.07) is 0. The van der Waals surface area contributed by atoms with E-state index in [2.05, 4.69) is 41.5 Å². The summed E-state index contributed by atoms with van der Waals surface area (Å²) in [6.45, 7) is 9.45. The van der Waals surface area contributed by atoms with Gasteiger partial charge in [0, 0.05) is 25.7 Å². The molecule has 0 saturated heterocycles. The van der Waals surface area contributed by atoms with Crippen molar-refractivity contribution in [1.29, 1.82) is 0 Å². The first-order valence-electron chi connectivity index (χ1n) is 34.0. The zero-order valence-electron chi connectivity index (χ0n) is 54.2. The predicted molar refractivity (Wildman–Crippen MR) is 335 cm³/mol. The van der Waals surface area contributed by atoms with E-state index in [4.69, 9.17) is 37.0 Å². The number of hydrogen-bond donors (Lipinski definition) is 3. The van der Waals surface area contributed by atoms with Gasteiger partial charge >= 0.3 is 39.5 Å². The van der Waals surface area contributed by atoms with Crippen molar-refractivity contribution in [2.45, 2.75) is 342 Å². The first-order chi connectivity index (χ1) is 40.4. The molecule has 498 valence electrons. The Balaban J connectivity index is 5.16. The third kappa shape index (κ3) is 57.8. The van der Waals surface area contributed by atoms with Crippen LogP contribution in [0.3, 0.4) is 0 Å². The monoisotopic (exact) mass is 1240 g/mol. The lowest BCUT2D eigenvalue weighted by Crippen LogP contribution is -2.30. The molecule has 0 heterocycles. The zero-order chi connectivity index (χ0) is 62.2. The molecule has 0 rings (SSSR count). The third-order valence-corrected chi connectivity index (χ3v) is 17.2. The molecule has 0 spiro atoms. The van der Waals surface area contributed by atoms with Gasteiger partial charge < -0.3 is 33.8 Å². The molecule has 3 N–H and O–H groups in total. The van der Waals surface area contributed by atoms with Gasteiger partial charge in [-0.25, -0.2) is 9.13 Å². The molecular weight excluding hydrogens is 1110 g/mol. The Morgan fingerprint density at radius 3 is 0.905 bits per heavy atom. The Hall–Kier alpha value is -1.94. The Bertz CT molecular complexity index is 1650. The molecule has 0 aromatic rings. The average molecular weight is 1240 g/mol. The molecule has 19 heteroatoms. The summed E-state index contributed by atoms with van der Waals surface area (Å²) in [4.78, 5) is 72.0. The van der Waals surface area contributed by atoms with E-state index >= 15 is 0 Å². The topological polar surface area (TPSA) is 237 Å². The van der Waals surface area contributed by atoms with E-state index in [0.717, 1.165) is 121 Å². The summed E-state index contributed by atoms with van der Waals surface area (Å²) in [5.74, 6) is -0.567. The van der Waals surface area contributed by atoms with Gasteiger partial charge in [-0.2, -0.15) is 0 Å². The Morgan fingerprint density at radius 1 is 0.345 bits per heavy atom. The van der Waals surface area contributed by atoms with Crippen LogP contribution in [-0.2, 0) is 65.4 Å². The van der Waals surface area contributed by atoms with Crippen LogP contribution in [0.4, 0.5) is 0 Å². The number of esters is 4. The van der Waals surface area contributed by atoms with E-state index in [9.17, 15) is 43.2 Å². The fourth-order valence-electron chi connectivity index (χ4n) is 9.68. The highest BCUT2D eigenvalue weighted by molar-refractivity contribution is 7.47. The standard InChI is InChI=1S/C65H126O17P2/c1-7-10-12-14-16-30-37-43-49-64(69)81-60(53-75-62(67)47-41-35-27-15-13-11-8-2)55-79-83(71,72)77-51-59(66)52-78-84(73,74)80-56-61(54-76-63(68)48-42-36-31-26-25-28-33-39-45-57(4)5)82-65(70)50-44-38-32-24-22-20-18-17-19-21-23-29-34-40-46-58(6)9-3/h57-61,66H,7-56H2,1-6H3,(H,71,72)(H,73,74)/t58?,59-,60+,61+/m0/s1. The number of hydrogen-bond acceptors (Lipinski definition) is 15. The van der Waals surface area contributed by atoms with Gasteiger partial charge in [0.2, 0.25) is 0 Å². The van der Waals surface area contributed by atoms with Gasteiger partial charge in [-0.05, 0) is 37.5 Å². The average Bonchev–Trinajstić information content (AvgIpc) is 3.47. The summed E-state index contributed by atoms with van der Waals surface area (Å²) in [6.07, 6.45) is 40.5. The number of aliphatic hydroxyl groups is 1. The molecule has 0 aliphatic carbocycles. The molecule has 0 saturated carbocycles. The van der Waals surface area contributed by atoms with Crippen LogP contribution >= 0.6 is 15.6 Å². The number of phosphoric ester groups is 2. The van der Waals surface area contributed by atoms with Gasteiger partial charge in [-0.3, -0.25) is 37.3 Å². The van der Waals surface area contributed by atoms with Crippen molar-refractivity contribution in [3.8, 4) is 0 Å². The Morgan fingerprint density at radius 2 is 0.607 bits per heavy atom. The molecule has 6 atom stereocenters. The second-order valence-corrected chi connectivity index (χ2v) is 27.1. The first kappa shape index (κ1) is 82.1. The van der Waals surface area contributed by atoms with Crippen molar-refractivity contribution in [2.24, 2.45) is 11.8 Å². The number of rotatable bonds is 64. The van der Waals surface area contributed by atoms with Crippen LogP contribution in [0.25, 0.3) is 0 Å². The SMILES string of the molecule is CCCCCCCCCCC(=O)O[C@H](COC(=O)CCCCCCCCC)COP(=O)(O)OC[C@H](O)COP(=O)(O)OC[C@@H](COC(=O)CCCCCCCCCCC(C)C)OC(=O)CCCCCCCCCCCCCCCCC(C)CC. The van der Waals surface area contributed by atoms with E-state index in [0.29, 0.717) is 25.7 Å². The number of carbonyl (C=O) groups is 4. The van der Waals surface area contributed by atoms with E-state index in [1.807, 2.05) is 0 Å². The van der Waals surface area contributed by atoms with Crippen LogP contribution < -0.4 is 0 Å². The van der Waals surface area contributed by atoms with Crippen LogP contribution in [0.2, 0.25) is 0 Å². The molecule has 0 aliphatic heterocycles. The lowest BCUT2D eigenvalue weighted by atomic mass is 9.99. The molecule has 0 aromatic carbocycles. The van der Waals surface area contributed by atoms with Crippen LogP contribution in [-0.4, -0.2) is 96.7 Å². The van der Waals surface area contributed by atoms with Gasteiger partial charge in [0.15, 0.2) is 12.2 Å². The predicted octanol–water partition coefficient (Wildman–Crippen LogP) is 18.0. The second-order valence-electron chi connectivity index (χ2n) is 24.2. The third-order valence-electron chi connectivity index (χ3n) is 15.3. The lowest BCUT2D eigenvalue weighted by molar-refractivity contribution is -0.161. The van der Waals surface area contributed by atoms with Crippen molar-refractivity contribution in [1.82, 2.24) is 0 Å². The maximum Gasteiger partial charge on any atom is 0.472 e. The van der Waals surface area contributed by atoms with E-state index in [-0.39, 0.29) is 25.7 Å². The number of aliphatic hydroxyl groups excluding tert-OH is 1. The fraction of sp³-hybridized carbons (Fsp3) is 0.938. The van der Waals surface area contributed by atoms with Gasteiger partial charge in [0.1, 0.15) is 19.3 Å². The number of phosphoric acid groups is 2. The maximum absolute atomic E-state index is 13.0. The summed E-state index contributed by atoms with van der Waals surface area (Å²) in [5, 5.41) is 10.5. The van der Waals surface area contributed by atoms with Crippen molar-refractivity contribution < 1.29 is 80.2 Å². The van der Waals surface area contributed by atoms with E-state index in [1.165, 1.54) is 122 Å². The Kier molecular flexibility index (Phi) is 56.2. The van der Waals surface area contributed by atoms with Crippen LogP contribution in [0, 0.1) is 11.8 Å². The van der Waals surface area contributed by atoms with Crippen molar-refractivity contribution in [3.63, 3.8) is 0 Å². The van der Waals surface area contributed by atoms with Gasteiger partial charge in [-0.15, -0.1) is 0 Å². The minimum Gasteiger partial charge on any atom is -0.462 e. The van der Waals surface area contributed by atoms with Crippen LogP contribution in [0.15, 0.2) is 0 Å². The largest absolute Gasteiger partial charge is 0.472 e. The quantitative estimate of drug-likeness (QED) is 0.0222. The molecule has 0 aliphatic rings. The normalized spacial score (nSPS) is 14.6. The van der Waals surface area contributed by atoms with Gasteiger partial charge in [0.05, 0.1) is 26.4 Å². The number of ether oxygens (including phenoxy) is 4. The van der Waals surface area contributed by atoms with E-state index in [1.54, 1.807) is 0 Å². The summed E-state index contributed by atoms with van der Waals surface area (Å²) in [7, 11) is -9.88. The van der Waals surface area contributed by atoms with Crippen LogP contribution in [0.5, 0.6) is 0 Å². The first-order valence-corrected chi connectivity index (χ1v) is 37.0. The second kappa shape index (κ2) is 57.5.